The van der Waals surface area contributed by atoms with Crippen LogP contribution in [0, 0.1) is 3.57 Å². The Morgan fingerprint density at radius 1 is 1.06 bits per heavy atom. The highest BCUT2D eigenvalue weighted by Crippen LogP contribution is 2.13. The SMILES string of the molecule is CCCC[NH2+]CCCCOc1ccc(I)cc1. The Balaban J connectivity index is 1.95. The van der Waals surface area contributed by atoms with Crippen molar-refractivity contribution < 1.29 is 10.1 Å². The zero-order valence-electron chi connectivity index (χ0n) is 10.6. The van der Waals surface area contributed by atoms with Gasteiger partial charge in [-0.25, -0.2) is 0 Å². The molecule has 0 aliphatic rings. The number of rotatable bonds is 9. The van der Waals surface area contributed by atoms with E-state index < -0.39 is 0 Å². The first-order valence-electron chi connectivity index (χ1n) is 6.53. The van der Waals surface area contributed by atoms with E-state index in [1.165, 1.54) is 35.9 Å². The van der Waals surface area contributed by atoms with Gasteiger partial charge in [0.1, 0.15) is 5.75 Å². The molecule has 1 rings (SSSR count). The molecule has 0 atom stereocenters. The van der Waals surface area contributed by atoms with Gasteiger partial charge in [0.2, 0.25) is 0 Å². The van der Waals surface area contributed by atoms with Crippen LogP contribution in [0.1, 0.15) is 32.6 Å². The topological polar surface area (TPSA) is 25.8 Å². The first-order chi connectivity index (χ1) is 8.33. The van der Waals surface area contributed by atoms with Crippen molar-refractivity contribution in [3.05, 3.63) is 27.8 Å². The average Bonchev–Trinajstić information content (AvgIpc) is 2.35. The normalized spacial score (nSPS) is 10.5. The molecule has 0 heterocycles. The largest absolute Gasteiger partial charge is 0.494 e. The smallest absolute Gasteiger partial charge is 0.119 e. The Bertz CT molecular complexity index is 287. The summed E-state index contributed by atoms with van der Waals surface area (Å²) >= 11 is 2.30. The van der Waals surface area contributed by atoms with Gasteiger partial charge in [0.25, 0.3) is 0 Å². The van der Waals surface area contributed by atoms with Gasteiger partial charge in [-0.05, 0) is 66.1 Å². The summed E-state index contributed by atoms with van der Waals surface area (Å²) in [6, 6.07) is 8.23. The van der Waals surface area contributed by atoms with E-state index in [1.54, 1.807) is 0 Å². The molecule has 0 aliphatic heterocycles. The Morgan fingerprint density at radius 2 is 1.76 bits per heavy atom. The highest BCUT2D eigenvalue weighted by Gasteiger charge is 1.95. The molecule has 2 nitrogen and oxygen atoms in total. The van der Waals surface area contributed by atoms with Crippen LogP contribution in [-0.2, 0) is 0 Å². The minimum absolute atomic E-state index is 0.836. The molecule has 0 aromatic heterocycles. The van der Waals surface area contributed by atoms with Gasteiger partial charge in [0, 0.05) is 3.57 Å². The van der Waals surface area contributed by atoms with Crippen LogP contribution in [0.25, 0.3) is 0 Å². The van der Waals surface area contributed by atoms with Crippen LogP contribution in [-0.4, -0.2) is 19.7 Å². The molecule has 2 N–H and O–H groups in total. The van der Waals surface area contributed by atoms with Crippen LogP contribution < -0.4 is 10.1 Å². The maximum atomic E-state index is 5.67. The summed E-state index contributed by atoms with van der Waals surface area (Å²) in [6.45, 7) is 5.58. The highest BCUT2D eigenvalue weighted by atomic mass is 127. The van der Waals surface area contributed by atoms with E-state index >= 15 is 0 Å². The fourth-order valence-electron chi connectivity index (χ4n) is 1.60. The second kappa shape index (κ2) is 9.71. The van der Waals surface area contributed by atoms with Crippen molar-refractivity contribution in [1.82, 2.24) is 0 Å². The van der Waals surface area contributed by atoms with Gasteiger partial charge in [-0.15, -0.1) is 0 Å². The monoisotopic (exact) mass is 348 g/mol. The van der Waals surface area contributed by atoms with Gasteiger partial charge in [0.05, 0.1) is 19.7 Å². The van der Waals surface area contributed by atoms with Crippen LogP contribution in [0.15, 0.2) is 24.3 Å². The summed E-state index contributed by atoms with van der Waals surface area (Å²) < 4.78 is 6.92. The van der Waals surface area contributed by atoms with Gasteiger partial charge in [-0.3, -0.25) is 0 Å². The summed E-state index contributed by atoms with van der Waals surface area (Å²) in [4.78, 5) is 0. The van der Waals surface area contributed by atoms with Crippen molar-refractivity contribution in [2.45, 2.75) is 32.6 Å². The van der Waals surface area contributed by atoms with E-state index in [0.29, 0.717) is 0 Å². The first kappa shape index (κ1) is 14.8. The van der Waals surface area contributed by atoms with Crippen LogP contribution in [0.2, 0.25) is 0 Å². The quantitative estimate of drug-likeness (QED) is 0.539. The number of nitrogens with two attached hydrogens (primary N) is 1. The Hall–Kier alpha value is -0.290. The maximum Gasteiger partial charge on any atom is 0.119 e. The number of ether oxygens (including phenoxy) is 1. The molecular weight excluding hydrogens is 325 g/mol. The second-order valence-electron chi connectivity index (χ2n) is 4.23. The van der Waals surface area contributed by atoms with Gasteiger partial charge < -0.3 is 10.1 Å². The third-order valence-electron chi connectivity index (χ3n) is 2.65. The van der Waals surface area contributed by atoms with Crippen molar-refractivity contribution in [3.8, 4) is 5.75 Å². The fourth-order valence-corrected chi connectivity index (χ4v) is 1.96. The molecule has 1 aromatic rings. The van der Waals surface area contributed by atoms with E-state index in [0.717, 1.165) is 18.8 Å². The Morgan fingerprint density at radius 3 is 2.47 bits per heavy atom. The molecular formula is C14H23INO+. The molecule has 0 unspecified atom stereocenters. The lowest BCUT2D eigenvalue weighted by Crippen LogP contribution is -2.84. The zero-order chi connectivity index (χ0) is 12.3. The summed E-state index contributed by atoms with van der Waals surface area (Å²) in [7, 11) is 0. The van der Waals surface area contributed by atoms with Gasteiger partial charge in [-0.2, -0.15) is 0 Å². The average molecular weight is 348 g/mol. The maximum absolute atomic E-state index is 5.67. The molecule has 0 fully saturated rings. The van der Waals surface area contributed by atoms with Crippen LogP contribution in [0.5, 0.6) is 5.75 Å². The van der Waals surface area contributed by atoms with Crippen LogP contribution >= 0.6 is 22.6 Å². The van der Waals surface area contributed by atoms with Crippen molar-refractivity contribution in [2.75, 3.05) is 19.7 Å². The summed E-state index contributed by atoms with van der Waals surface area (Å²) in [5.74, 6) is 0.986. The highest BCUT2D eigenvalue weighted by molar-refractivity contribution is 14.1. The number of benzene rings is 1. The predicted molar refractivity (Wildman–Crippen MR) is 80.5 cm³/mol. The lowest BCUT2D eigenvalue weighted by Gasteiger charge is -2.05. The molecule has 17 heavy (non-hydrogen) atoms. The fraction of sp³-hybridized carbons (Fsp3) is 0.571. The number of hydrogen-bond acceptors (Lipinski definition) is 1. The minimum atomic E-state index is 0.836. The molecule has 1 aromatic carbocycles. The van der Waals surface area contributed by atoms with E-state index in [9.17, 15) is 0 Å². The van der Waals surface area contributed by atoms with Crippen molar-refractivity contribution >= 4 is 22.6 Å². The predicted octanol–water partition coefficient (Wildman–Crippen LogP) is 2.81. The molecule has 0 saturated heterocycles. The Labute approximate surface area is 118 Å². The number of unbranched alkanes of at least 4 members (excludes halogenated alkanes) is 2. The molecule has 0 aliphatic carbocycles. The molecule has 0 radical (unpaired) electrons. The molecule has 0 amide bonds. The lowest BCUT2D eigenvalue weighted by molar-refractivity contribution is -0.655. The summed E-state index contributed by atoms with van der Waals surface area (Å²) in [6.07, 6.45) is 5.02. The zero-order valence-corrected chi connectivity index (χ0v) is 12.8. The van der Waals surface area contributed by atoms with Crippen molar-refractivity contribution in [1.29, 1.82) is 0 Å². The molecule has 0 bridgehead atoms. The molecule has 3 heteroatoms. The lowest BCUT2D eigenvalue weighted by atomic mass is 10.3. The third-order valence-corrected chi connectivity index (χ3v) is 3.37. The van der Waals surface area contributed by atoms with Gasteiger partial charge in [0.15, 0.2) is 0 Å². The van der Waals surface area contributed by atoms with Crippen LogP contribution in [0.3, 0.4) is 0 Å². The summed E-state index contributed by atoms with van der Waals surface area (Å²) in [5, 5.41) is 2.41. The summed E-state index contributed by atoms with van der Waals surface area (Å²) in [5.41, 5.74) is 0. The number of halogens is 1. The minimum Gasteiger partial charge on any atom is -0.494 e. The van der Waals surface area contributed by atoms with Crippen molar-refractivity contribution in [3.63, 3.8) is 0 Å². The van der Waals surface area contributed by atoms with E-state index in [2.05, 4.69) is 47.0 Å². The number of quaternary nitrogens is 1. The molecule has 0 saturated carbocycles. The van der Waals surface area contributed by atoms with Gasteiger partial charge in [-0.1, -0.05) is 13.3 Å². The Kier molecular flexibility index (Phi) is 8.44. The van der Waals surface area contributed by atoms with Crippen LogP contribution in [0.4, 0.5) is 0 Å². The first-order valence-corrected chi connectivity index (χ1v) is 7.61. The molecule has 0 spiro atoms. The molecule has 96 valence electrons. The van der Waals surface area contributed by atoms with E-state index in [-0.39, 0.29) is 0 Å². The standard InChI is InChI=1S/C14H22INO/c1-2-3-10-16-11-4-5-12-17-14-8-6-13(15)7-9-14/h6-9,16H,2-5,10-12H2,1H3/p+1. The second-order valence-corrected chi connectivity index (χ2v) is 5.47. The van der Waals surface area contributed by atoms with E-state index in [4.69, 9.17) is 4.74 Å². The number of hydrogen-bond donors (Lipinski definition) is 1. The van der Waals surface area contributed by atoms with Crippen molar-refractivity contribution in [2.24, 2.45) is 0 Å². The van der Waals surface area contributed by atoms with Gasteiger partial charge >= 0.3 is 0 Å². The third kappa shape index (κ3) is 7.60. The van der Waals surface area contributed by atoms with E-state index in [1.807, 2.05) is 12.1 Å².